The number of nitrogens with zero attached hydrogens (tertiary/aromatic N) is 3. The van der Waals surface area contributed by atoms with Gasteiger partial charge in [-0.15, -0.1) is 0 Å². The van der Waals surface area contributed by atoms with E-state index in [9.17, 15) is 14.0 Å². The number of aromatic amines is 1. The quantitative estimate of drug-likeness (QED) is 0.245. The van der Waals surface area contributed by atoms with Crippen molar-refractivity contribution in [3.63, 3.8) is 0 Å². The maximum absolute atomic E-state index is 14.8. The SMILES string of the molecule is Cc1n[nH]c(C)c1-c1ccc(NC(=O)C(NC(=O)C2(F)CC2)[C@@H]2CCc3ccc(-c4cc(C(C)C)ncn4)cc32)cc1. The molecule has 2 aliphatic carbocycles. The van der Waals surface area contributed by atoms with Crippen molar-refractivity contribution in [1.29, 1.82) is 0 Å². The zero-order valence-corrected chi connectivity index (χ0v) is 24.3. The number of amides is 2. The number of benzene rings is 2. The topological polar surface area (TPSA) is 113 Å². The summed E-state index contributed by atoms with van der Waals surface area (Å²) in [7, 11) is 0. The lowest BCUT2D eigenvalue weighted by molar-refractivity contribution is -0.131. The third-order valence-electron chi connectivity index (χ3n) is 8.48. The fourth-order valence-corrected chi connectivity index (χ4v) is 5.86. The van der Waals surface area contributed by atoms with E-state index in [1.807, 2.05) is 50.2 Å². The minimum atomic E-state index is -1.89. The molecule has 3 N–H and O–H groups in total. The molecule has 2 aliphatic rings. The number of H-pyrrole nitrogens is 1. The first-order valence-electron chi connectivity index (χ1n) is 14.5. The highest BCUT2D eigenvalue weighted by molar-refractivity contribution is 6.00. The van der Waals surface area contributed by atoms with Crippen LogP contribution >= 0.6 is 0 Å². The van der Waals surface area contributed by atoms with E-state index in [0.717, 1.165) is 57.0 Å². The Morgan fingerprint density at radius 1 is 1.02 bits per heavy atom. The Morgan fingerprint density at radius 2 is 1.76 bits per heavy atom. The number of hydrogen-bond donors (Lipinski definition) is 3. The maximum atomic E-state index is 14.8. The monoisotopic (exact) mass is 566 g/mol. The maximum Gasteiger partial charge on any atom is 0.258 e. The largest absolute Gasteiger partial charge is 0.341 e. The van der Waals surface area contributed by atoms with Gasteiger partial charge in [-0.25, -0.2) is 14.4 Å². The van der Waals surface area contributed by atoms with Gasteiger partial charge < -0.3 is 10.6 Å². The van der Waals surface area contributed by atoms with E-state index in [1.54, 1.807) is 6.33 Å². The summed E-state index contributed by atoms with van der Waals surface area (Å²) in [5.74, 6) is -1.14. The first kappa shape index (κ1) is 27.8. The van der Waals surface area contributed by atoms with Gasteiger partial charge >= 0.3 is 0 Å². The van der Waals surface area contributed by atoms with E-state index in [1.165, 1.54) is 0 Å². The van der Waals surface area contributed by atoms with Crippen LogP contribution in [0.5, 0.6) is 0 Å². The lowest BCUT2D eigenvalue weighted by Crippen LogP contribution is -2.50. The summed E-state index contributed by atoms with van der Waals surface area (Å²) in [6, 6.07) is 14.7. The Balaban J connectivity index is 1.29. The van der Waals surface area contributed by atoms with Crippen molar-refractivity contribution in [2.24, 2.45) is 0 Å². The summed E-state index contributed by atoms with van der Waals surface area (Å²) >= 11 is 0. The van der Waals surface area contributed by atoms with E-state index in [-0.39, 0.29) is 30.6 Å². The summed E-state index contributed by atoms with van der Waals surface area (Å²) < 4.78 is 14.8. The molecule has 42 heavy (non-hydrogen) atoms. The Bertz CT molecular complexity index is 1640. The van der Waals surface area contributed by atoms with Gasteiger partial charge in [-0.05, 0) is 86.4 Å². The third kappa shape index (κ3) is 5.31. The Morgan fingerprint density at radius 3 is 2.43 bits per heavy atom. The van der Waals surface area contributed by atoms with Crippen molar-refractivity contribution in [2.75, 3.05) is 5.32 Å². The van der Waals surface area contributed by atoms with Gasteiger partial charge in [-0.2, -0.15) is 5.10 Å². The second-order valence-electron chi connectivity index (χ2n) is 11.8. The summed E-state index contributed by atoms with van der Waals surface area (Å²) in [4.78, 5) is 35.6. The van der Waals surface area contributed by atoms with Crippen LogP contribution in [0.4, 0.5) is 10.1 Å². The molecular weight excluding hydrogens is 531 g/mol. The average Bonchev–Trinajstić information content (AvgIpc) is 3.47. The van der Waals surface area contributed by atoms with E-state index >= 15 is 0 Å². The lowest BCUT2D eigenvalue weighted by Gasteiger charge is -2.26. The molecule has 2 heterocycles. The highest BCUT2D eigenvalue weighted by Crippen LogP contribution is 2.42. The number of rotatable bonds is 8. The van der Waals surface area contributed by atoms with E-state index in [2.05, 4.69) is 56.8 Å². The zero-order valence-electron chi connectivity index (χ0n) is 24.3. The summed E-state index contributed by atoms with van der Waals surface area (Å²) in [6.45, 7) is 8.08. The smallest absolute Gasteiger partial charge is 0.258 e. The Labute approximate surface area is 244 Å². The Kier molecular flexibility index (Phi) is 7.12. The van der Waals surface area contributed by atoms with Crippen LogP contribution in [0.3, 0.4) is 0 Å². The molecule has 0 aliphatic heterocycles. The number of aryl methyl sites for hydroxylation is 3. The van der Waals surface area contributed by atoms with Crippen LogP contribution < -0.4 is 10.6 Å². The predicted molar refractivity (Wildman–Crippen MR) is 160 cm³/mol. The lowest BCUT2D eigenvalue weighted by atomic mass is 9.90. The second-order valence-corrected chi connectivity index (χ2v) is 11.8. The molecule has 8 nitrogen and oxygen atoms in total. The molecule has 9 heteroatoms. The van der Waals surface area contributed by atoms with Crippen LogP contribution in [0.25, 0.3) is 22.4 Å². The molecule has 2 atom stereocenters. The summed E-state index contributed by atoms with van der Waals surface area (Å²) in [6.07, 6.45) is 3.36. The van der Waals surface area contributed by atoms with Gasteiger partial charge in [0.1, 0.15) is 12.4 Å². The van der Waals surface area contributed by atoms with Gasteiger partial charge in [-0.1, -0.05) is 38.1 Å². The fraction of sp³-hybridized carbons (Fsp3) is 0.364. The minimum absolute atomic E-state index is 0.179. The molecule has 0 spiro atoms. The van der Waals surface area contributed by atoms with Crippen LogP contribution in [-0.2, 0) is 16.0 Å². The molecule has 2 amide bonds. The number of carbonyl (C=O) groups excluding carboxylic acids is 2. The van der Waals surface area contributed by atoms with Crippen LogP contribution in [-0.4, -0.2) is 43.7 Å². The molecule has 1 saturated carbocycles. The molecule has 6 rings (SSSR count). The zero-order chi connectivity index (χ0) is 29.6. The van der Waals surface area contributed by atoms with E-state index < -0.39 is 17.6 Å². The highest BCUT2D eigenvalue weighted by Gasteiger charge is 2.52. The van der Waals surface area contributed by atoms with Crippen LogP contribution in [0.2, 0.25) is 0 Å². The van der Waals surface area contributed by atoms with Gasteiger partial charge in [0.15, 0.2) is 5.67 Å². The second kappa shape index (κ2) is 10.8. The minimum Gasteiger partial charge on any atom is -0.341 e. The van der Waals surface area contributed by atoms with Crippen molar-refractivity contribution in [3.8, 4) is 22.4 Å². The molecule has 1 fully saturated rings. The van der Waals surface area contributed by atoms with Gasteiger partial charge in [-0.3, -0.25) is 14.7 Å². The van der Waals surface area contributed by atoms with Crippen molar-refractivity contribution in [2.45, 2.75) is 76.9 Å². The normalized spacial score (nSPS) is 17.5. The van der Waals surface area contributed by atoms with Crippen molar-refractivity contribution in [1.82, 2.24) is 25.5 Å². The number of alkyl halides is 1. The molecule has 2 aromatic carbocycles. The predicted octanol–water partition coefficient (Wildman–Crippen LogP) is 5.93. The molecule has 0 radical (unpaired) electrons. The molecule has 4 aromatic rings. The number of halogens is 1. The number of aromatic nitrogens is 4. The first-order valence-corrected chi connectivity index (χ1v) is 14.5. The first-order chi connectivity index (χ1) is 20.1. The number of fused-ring (bicyclic) bond motifs is 1. The van der Waals surface area contributed by atoms with Crippen molar-refractivity contribution >= 4 is 17.5 Å². The number of nitrogens with one attached hydrogen (secondary N) is 3. The van der Waals surface area contributed by atoms with Gasteiger partial charge in [0, 0.05) is 34.1 Å². The summed E-state index contributed by atoms with van der Waals surface area (Å²) in [5, 5.41) is 13.0. The van der Waals surface area contributed by atoms with Crippen molar-refractivity contribution < 1.29 is 14.0 Å². The molecule has 2 aromatic heterocycles. The number of carbonyl (C=O) groups is 2. The van der Waals surface area contributed by atoms with Gasteiger partial charge in [0.2, 0.25) is 5.91 Å². The number of anilines is 1. The average molecular weight is 567 g/mol. The van der Waals surface area contributed by atoms with Crippen molar-refractivity contribution in [3.05, 3.63) is 83.1 Å². The molecule has 1 unspecified atom stereocenters. The van der Waals surface area contributed by atoms with E-state index in [0.29, 0.717) is 12.1 Å². The Hall–Kier alpha value is -4.40. The van der Waals surface area contributed by atoms with Crippen LogP contribution in [0, 0.1) is 13.8 Å². The van der Waals surface area contributed by atoms with Crippen LogP contribution in [0.15, 0.2) is 54.9 Å². The van der Waals surface area contributed by atoms with Crippen LogP contribution in [0.1, 0.15) is 73.2 Å². The third-order valence-corrected chi connectivity index (χ3v) is 8.48. The molecule has 0 bridgehead atoms. The fourth-order valence-electron chi connectivity index (χ4n) is 5.86. The molecule has 216 valence electrons. The standard InChI is InChI=1S/C33H35FN6O2/c1-18(2)27-16-28(36-17-35-27)23-6-5-21-9-12-25(26(21)15-23)30(38-32(42)33(34)13-14-33)31(41)37-24-10-7-22(8-11-24)29-19(3)39-40-20(29)4/h5-8,10-11,15-18,25,30H,9,12-14H2,1-4H3,(H,37,41)(H,38,42)(H,39,40)/t25-,30?/m1/s1. The highest BCUT2D eigenvalue weighted by atomic mass is 19.1. The van der Waals surface area contributed by atoms with Gasteiger partial charge in [0.25, 0.3) is 5.91 Å². The van der Waals surface area contributed by atoms with Gasteiger partial charge in [0.05, 0.1) is 11.4 Å². The number of hydrogen-bond acceptors (Lipinski definition) is 5. The summed E-state index contributed by atoms with van der Waals surface area (Å²) in [5.41, 5.74) is 7.33. The van der Waals surface area contributed by atoms with E-state index in [4.69, 9.17) is 0 Å². The molecule has 0 saturated heterocycles. The molecular formula is C33H35FN6O2.